The second kappa shape index (κ2) is 4.39. The Morgan fingerprint density at radius 2 is 2.00 bits per heavy atom. The van der Waals surface area contributed by atoms with Crippen LogP contribution in [0.5, 0.6) is 0 Å². The number of hydrogen-bond acceptors (Lipinski definition) is 5. The Morgan fingerprint density at radius 1 is 1.40 bits per heavy atom. The van der Waals surface area contributed by atoms with E-state index in [1.54, 1.807) is 0 Å². The molecule has 0 aliphatic carbocycles. The smallest absolute Gasteiger partial charge is 0.336 e. The Labute approximate surface area is 88.6 Å². The predicted molar refractivity (Wildman–Crippen MR) is 51.4 cm³/mol. The zero-order chi connectivity index (χ0) is 11.6. The highest BCUT2D eigenvalue weighted by molar-refractivity contribution is 7.10. The molecule has 0 saturated carbocycles. The van der Waals surface area contributed by atoms with Crippen LogP contribution in [0.2, 0.25) is 0 Å². The highest BCUT2D eigenvalue weighted by atomic mass is 32.1. The summed E-state index contributed by atoms with van der Waals surface area (Å²) in [6.07, 6.45) is -3.22. The second-order valence-electron chi connectivity index (χ2n) is 2.83. The molecule has 1 aromatic rings. The lowest BCUT2D eigenvalue weighted by Crippen LogP contribution is -2.33. The SMILES string of the molecule is NC(=O)C(O)C(O)c1cc(C(=O)O)cs1. The molecular formula is C8H9NO5S. The average molecular weight is 231 g/mol. The molecule has 1 aromatic heterocycles. The summed E-state index contributed by atoms with van der Waals surface area (Å²) in [5.74, 6) is -2.20. The number of carbonyl (C=O) groups excluding carboxylic acids is 1. The van der Waals surface area contributed by atoms with Crippen LogP contribution in [0.25, 0.3) is 0 Å². The van der Waals surface area contributed by atoms with Crippen molar-refractivity contribution in [2.75, 3.05) is 0 Å². The van der Waals surface area contributed by atoms with Crippen molar-refractivity contribution in [2.45, 2.75) is 12.2 Å². The average Bonchev–Trinajstić information content (AvgIpc) is 2.64. The molecule has 0 aromatic carbocycles. The molecule has 15 heavy (non-hydrogen) atoms. The quantitative estimate of drug-likeness (QED) is 0.547. The first-order valence-corrected chi connectivity index (χ1v) is 4.78. The van der Waals surface area contributed by atoms with Gasteiger partial charge < -0.3 is 21.1 Å². The number of carboxylic acids is 1. The van der Waals surface area contributed by atoms with Gasteiger partial charge in [-0.25, -0.2) is 4.79 Å². The minimum absolute atomic E-state index is 0.00859. The number of aliphatic hydroxyl groups excluding tert-OH is 2. The minimum Gasteiger partial charge on any atom is -0.478 e. The zero-order valence-corrected chi connectivity index (χ0v) is 8.27. The number of aromatic carboxylic acids is 1. The van der Waals surface area contributed by atoms with Gasteiger partial charge >= 0.3 is 5.97 Å². The first-order valence-electron chi connectivity index (χ1n) is 3.90. The Balaban J connectivity index is 2.87. The number of rotatable bonds is 4. The maximum atomic E-state index is 10.6. The van der Waals surface area contributed by atoms with Crippen molar-refractivity contribution < 1.29 is 24.9 Å². The monoisotopic (exact) mass is 231 g/mol. The summed E-state index contributed by atoms with van der Waals surface area (Å²) in [5.41, 5.74) is 4.77. The lowest BCUT2D eigenvalue weighted by Gasteiger charge is -2.12. The highest BCUT2D eigenvalue weighted by Crippen LogP contribution is 2.24. The molecular weight excluding hydrogens is 222 g/mol. The molecule has 0 aliphatic heterocycles. The molecule has 0 bridgehead atoms. The van der Waals surface area contributed by atoms with Crippen molar-refractivity contribution in [3.05, 3.63) is 21.9 Å². The van der Waals surface area contributed by atoms with Gasteiger partial charge in [-0.2, -0.15) is 0 Å². The van der Waals surface area contributed by atoms with E-state index in [-0.39, 0.29) is 10.4 Å². The van der Waals surface area contributed by atoms with E-state index in [1.165, 1.54) is 11.4 Å². The largest absolute Gasteiger partial charge is 0.478 e. The van der Waals surface area contributed by atoms with Crippen molar-refractivity contribution in [1.82, 2.24) is 0 Å². The summed E-state index contributed by atoms with van der Waals surface area (Å²) >= 11 is 0.933. The van der Waals surface area contributed by atoms with Crippen LogP contribution in [0.1, 0.15) is 21.3 Å². The maximum Gasteiger partial charge on any atom is 0.336 e. The number of thiophene rings is 1. The third kappa shape index (κ3) is 2.52. The topological polar surface area (TPSA) is 121 Å². The van der Waals surface area contributed by atoms with Crippen LogP contribution in [0.15, 0.2) is 11.4 Å². The molecule has 1 rings (SSSR count). The van der Waals surface area contributed by atoms with Gasteiger partial charge in [0.05, 0.1) is 5.56 Å². The number of carboxylic acid groups (broad SMARTS) is 1. The molecule has 82 valence electrons. The Bertz CT molecular complexity index is 388. The zero-order valence-electron chi connectivity index (χ0n) is 7.45. The van der Waals surface area contributed by atoms with E-state index in [0.29, 0.717) is 0 Å². The fraction of sp³-hybridized carbons (Fsp3) is 0.250. The van der Waals surface area contributed by atoms with E-state index in [9.17, 15) is 14.7 Å². The van der Waals surface area contributed by atoms with Gasteiger partial charge in [-0.3, -0.25) is 4.79 Å². The number of nitrogens with two attached hydrogens (primary N) is 1. The van der Waals surface area contributed by atoms with E-state index >= 15 is 0 Å². The van der Waals surface area contributed by atoms with E-state index < -0.39 is 24.1 Å². The number of hydrogen-bond donors (Lipinski definition) is 4. The molecule has 0 aliphatic rings. The van der Waals surface area contributed by atoms with Gasteiger partial charge in [0.15, 0.2) is 6.10 Å². The van der Waals surface area contributed by atoms with E-state index in [2.05, 4.69) is 0 Å². The second-order valence-corrected chi connectivity index (χ2v) is 3.78. The number of carbonyl (C=O) groups is 2. The van der Waals surface area contributed by atoms with Crippen molar-refractivity contribution in [2.24, 2.45) is 5.73 Å². The van der Waals surface area contributed by atoms with Crippen LogP contribution in [0.3, 0.4) is 0 Å². The summed E-state index contributed by atoms with van der Waals surface area (Å²) in [5, 5.41) is 28.5. The molecule has 5 N–H and O–H groups in total. The van der Waals surface area contributed by atoms with Crippen molar-refractivity contribution in [1.29, 1.82) is 0 Å². The minimum atomic E-state index is -1.73. The molecule has 7 heteroatoms. The lowest BCUT2D eigenvalue weighted by molar-refractivity contribution is -0.131. The van der Waals surface area contributed by atoms with Crippen LogP contribution in [0, 0.1) is 0 Å². The van der Waals surface area contributed by atoms with E-state index in [1.807, 2.05) is 0 Å². The molecule has 0 spiro atoms. The highest BCUT2D eigenvalue weighted by Gasteiger charge is 2.25. The standard InChI is InChI=1S/C8H9NO5S/c9-7(12)6(11)5(10)4-1-3(2-15-4)8(13)14/h1-2,5-6,10-11H,(H2,9,12)(H,13,14). The van der Waals surface area contributed by atoms with E-state index in [4.69, 9.17) is 15.9 Å². The van der Waals surface area contributed by atoms with Gasteiger partial charge in [0, 0.05) is 10.3 Å². The number of aliphatic hydroxyl groups is 2. The third-order valence-corrected chi connectivity index (χ3v) is 2.75. The molecule has 1 amide bonds. The lowest BCUT2D eigenvalue weighted by atomic mass is 10.1. The summed E-state index contributed by atoms with van der Waals surface area (Å²) in [7, 11) is 0. The van der Waals surface area contributed by atoms with Gasteiger partial charge in [0.25, 0.3) is 0 Å². The van der Waals surface area contributed by atoms with Gasteiger partial charge in [-0.15, -0.1) is 11.3 Å². The van der Waals surface area contributed by atoms with Crippen LogP contribution in [-0.2, 0) is 4.79 Å². The van der Waals surface area contributed by atoms with Gasteiger partial charge in [0.2, 0.25) is 5.91 Å². The third-order valence-electron chi connectivity index (χ3n) is 1.75. The van der Waals surface area contributed by atoms with Gasteiger partial charge in [-0.05, 0) is 6.07 Å². The van der Waals surface area contributed by atoms with Gasteiger partial charge in [-0.1, -0.05) is 0 Å². The van der Waals surface area contributed by atoms with Gasteiger partial charge in [0.1, 0.15) is 6.10 Å². The summed E-state index contributed by atoms with van der Waals surface area (Å²) in [4.78, 5) is 21.2. The molecule has 0 saturated heterocycles. The Kier molecular flexibility index (Phi) is 3.40. The summed E-state index contributed by atoms with van der Waals surface area (Å²) in [6, 6.07) is 1.18. The fourth-order valence-electron chi connectivity index (χ4n) is 0.931. The first kappa shape index (κ1) is 11.6. The molecule has 2 atom stereocenters. The van der Waals surface area contributed by atoms with Crippen molar-refractivity contribution >= 4 is 23.2 Å². The summed E-state index contributed by atoms with van der Waals surface area (Å²) in [6.45, 7) is 0. The molecule has 0 radical (unpaired) electrons. The normalized spacial score (nSPS) is 14.5. The van der Waals surface area contributed by atoms with Crippen molar-refractivity contribution in [3.63, 3.8) is 0 Å². The molecule has 0 fully saturated rings. The number of amides is 1. The predicted octanol–water partition coefficient (Wildman–Crippen LogP) is -0.674. The molecule has 1 heterocycles. The maximum absolute atomic E-state index is 10.6. The van der Waals surface area contributed by atoms with Crippen LogP contribution in [0.4, 0.5) is 0 Å². The molecule has 2 unspecified atom stereocenters. The van der Waals surface area contributed by atoms with Crippen molar-refractivity contribution in [3.8, 4) is 0 Å². The first-order chi connectivity index (χ1) is 6.93. The van der Waals surface area contributed by atoms with Crippen LogP contribution >= 0.6 is 11.3 Å². The summed E-state index contributed by atoms with van der Waals surface area (Å²) < 4.78 is 0. The Morgan fingerprint density at radius 3 is 2.40 bits per heavy atom. The number of primary amides is 1. The van der Waals surface area contributed by atoms with Crippen LogP contribution in [-0.4, -0.2) is 33.3 Å². The molecule has 6 nitrogen and oxygen atoms in total. The Hall–Kier alpha value is -1.44. The fourth-order valence-corrected chi connectivity index (χ4v) is 1.83. The van der Waals surface area contributed by atoms with E-state index in [0.717, 1.165) is 11.3 Å². The van der Waals surface area contributed by atoms with Crippen LogP contribution < -0.4 is 5.73 Å².